The largest absolute Gasteiger partial charge is 0.394 e. The first-order valence-corrected chi connectivity index (χ1v) is 7.81. The van der Waals surface area contributed by atoms with Gasteiger partial charge in [0.05, 0.1) is 25.4 Å². The predicted molar refractivity (Wildman–Crippen MR) is 80.2 cm³/mol. The van der Waals surface area contributed by atoms with Crippen LogP contribution in [0.4, 0.5) is 10.5 Å². The van der Waals surface area contributed by atoms with Gasteiger partial charge >= 0.3 is 6.03 Å². The molecule has 0 aromatic heterocycles. The molecule has 5 nitrogen and oxygen atoms in total. The van der Waals surface area contributed by atoms with Crippen molar-refractivity contribution in [3.05, 3.63) is 24.3 Å². The van der Waals surface area contributed by atoms with Crippen LogP contribution in [-0.2, 0) is 4.74 Å². The van der Waals surface area contributed by atoms with Crippen molar-refractivity contribution < 1.29 is 14.6 Å². The number of anilines is 1. The Morgan fingerprint density at radius 3 is 3.05 bits per heavy atom. The second-order valence-electron chi connectivity index (χ2n) is 4.82. The van der Waals surface area contributed by atoms with E-state index in [9.17, 15) is 9.90 Å². The number of hydrogen-bond donors (Lipinski definition) is 2. The van der Waals surface area contributed by atoms with Crippen LogP contribution in [0.3, 0.4) is 0 Å². The summed E-state index contributed by atoms with van der Waals surface area (Å²) in [6.07, 6.45) is 1.63. The van der Waals surface area contributed by atoms with Crippen LogP contribution in [0.1, 0.15) is 6.92 Å². The van der Waals surface area contributed by atoms with E-state index in [0.29, 0.717) is 13.1 Å². The van der Waals surface area contributed by atoms with Crippen molar-refractivity contribution in [2.75, 3.05) is 31.3 Å². The fraction of sp³-hybridized carbons (Fsp3) is 0.500. The molecule has 1 aliphatic heterocycles. The molecule has 1 aromatic carbocycles. The molecule has 110 valence electrons. The Hall–Kier alpha value is -1.24. The molecule has 2 N–H and O–H groups in total. The van der Waals surface area contributed by atoms with E-state index in [4.69, 9.17) is 4.74 Å². The molecule has 0 bridgehead atoms. The molecule has 2 unspecified atom stereocenters. The Bertz CT molecular complexity index is 469. The molecule has 2 amide bonds. The first-order valence-electron chi connectivity index (χ1n) is 6.58. The van der Waals surface area contributed by atoms with Crippen LogP contribution in [0.5, 0.6) is 0 Å². The van der Waals surface area contributed by atoms with Crippen molar-refractivity contribution in [3.63, 3.8) is 0 Å². The fourth-order valence-electron chi connectivity index (χ4n) is 2.22. The molecule has 0 saturated carbocycles. The zero-order valence-corrected chi connectivity index (χ0v) is 12.5. The molecule has 6 heteroatoms. The van der Waals surface area contributed by atoms with Gasteiger partial charge in [-0.25, -0.2) is 4.79 Å². The van der Waals surface area contributed by atoms with E-state index < -0.39 is 0 Å². The number of thioether (sulfide) groups is 1. The van der Waals surface area contributed by atoms with Gasteiger partial charge < -0.3 is 20.1 Å². The third-order valence-electron chi connectivity index (χ3n) is 3.14. The zero-order chi connectivity index (χ0) is 14.5. The second kappa shape index (κ2) is 6.97. The van der Waals surface area contributed by atoms with Gasteiger partial charge in [0.2, 0.25) is 0 Å². The van der Waals surface area contributed by atoms with Crippen LogP contribution in [0.25, 0.3) is 0 Å². The van der Waals surface area contributed by atoms with E-state index in [1.807, 2.05) is 37.4 Å². The molecule has 2 rings (SSSR count). The lowest BCUT2D eigenvalue weighted by molar-refractivity contribution is -0.0822. The molecular weight excluding hydrogens is 276 g/mol. The topological polar surface area (TPSA) is 61.8 Å². The number of urea groups is 1. The highest BCUT2D eigenvalue weighted by atomic mass is 32.2. The summed E-state index contributed by atoms with van der Waals surface area (Å²) in [6, 6.07) is 7.57. The van der Waals surface area contributed by atoms with Gasteiger partial charge in [-0.15, -0.1) is 11.8 Å². The third kappa shape index (κ3) is 3.88. The van der Waals surface area contributed by atoms with E-state index in [1.165, 1.54) is 0 Å². The number of aliphatic hydroxyl groups excluding tert-OH is 1. The number of nitrogens with one attached hydrogen (secondary N) is 1. The van der Waals surface area contributed by atoms with E-state index >= 15 is 0 Å². The predicted octanol–water partition coefficient (Wildman–Crippen LogP) is 2.02. The number of carbonyl (C=O) groups excluding carboxylic acids is 1. The Labute approximate surface area is 123 Å². The Kier molecular flexibility index (Phi) is 5.28. The van der Waals surface area contributed by atoms with Gasteiger partial charge in [-0.3, -0.25) is 0 Å². The average Bonchev–Trinajstić information content (AvgIpc) is 2.46. The summed E-state index contributed by atoms with van der Waals surface area (Å²) in [7, 11) is 0. The number of morpholine rings is 1. The van der Waals surface area contributed by atoms with Gasteiger partial charge in [0, 0.05) is 17.1 Å². The number of hydrogen-bond acceptors (Lipinski definition) is 4. The third-order valence-corrected chi connectivity index (χ3v) is 3.86. The SMILES string of the molecule is CSc1cccc(NC(=O)N2CC(C)OC(CO)C2)c1. The van der Waals surface area contributed by atoms with E-state index in [-0.39, 0.29) is 24.8 Å². The van der Waals surface area contributed by atoms with E-state index in [1.54, 1.807) is 16.7 Å². The summed E-state index contributed by atoms with van der Waals surface area (Å²) < 4.78 is 5.53. The number of ether oxygens (including phenoxy) is 1. The van der Waals surface area contributed by atoms with Crippen molar-refractivity contribution in [3.8, 4) is 0 Å². The van der Waals surface area contributed by atoms with Crippen molar-refractivity contribution >= 4 is 23.5 Å². The lowest BCUT2D eigenvalue weighted by atomic mass is 10.2. The highest BCUT2D eigenvalue weighted by Gasteiger charge is 2.27. The maximum Gasteiger partial charge on any atom is 0.322 e. The summed E-state index contributed by atoms with van der Waals surface area (Å²) >= 11 is 1.63. The normalized spacial score (nSPS) is 22.6. The number of benzene rings is 1. The first-order chi connectivity index (χ1) is 9.62. The van der Waals surface area contributed by atoms with E-state index in [0.717, 1.165) is 10.6 Å². The minimum atomic E-state index is -0.304. The highest BCUT2D eigenvalue weighted by molar-refractivity contribution is 7.98. The van der Waals surface area contributed by atoms with Crippen molar-refractivity contribution in [2.24, 2.45) is 0 Å². The number of carbonyl (C=O) groups is 1. The maximum atomic E-state index is 12.2. The summed E-state index contributed by atoms with van der Waals surface area (Å²) in [5.74, 6) is 0. The zero-order valence-electron chi connectivity index (χ0n) is 11.7. The van der Waals surface area contributed by atoms with Crippen molar-refractivity contribution in [1.82, 2.24) is 4.90 Å². The number of nitrogens with zero attached hydrogens (tertiary/aromatic N) is 1. The van der Waals surface area contributed by atoms with Crippen molar-refractivity contribution in [2.45, 2.75) is 24.0 Å². The van der Waals surface area contributed by atoms with Crippen LogP contribution in [0.15, 0.2) is 29.2 Å². The molecule has 20 heavy (non-hydrogen) atoms. The van der Waals surface area contributed by atoms with Gasteiger partial charge in [0.25, 0.3) is 0 Å². The average molecular weight is 296 g/mol. The minimum Gasteiger partial charge on any atom is -0.394 e. The summed E-state index contributed by atoms with van der Waals surface area (Å²) in [6.45, 7) is 2.77. The maximum absolute atomic E-state index is 12.2. The Balaban J connectivity index is 2.00. The molecule has 1 aliphatic rings. The molecule has 2 atom stereocenters. The molecule has 1 saturated heterocycles. The molecule has 0 radical (unpaired) electrons. The summed E-state index contributed by atoms with van der Waals surface area (Å²) in [5, 5.41) is 12.1. The molecular formula is C14H20N2O3S. The van der Waals surface area contributed by atoms with Crippen LogP contribution in [0, 0.1) is 0 Å². The molecule has 1 fully saturated rings. The number of aliphatic hydroxyl groups is 1. The lowest BCUT2D eigenvalue weighted by Gasteiger charge is -2.36. The van der Waals surface area contributed by atoms with E-state index in [2.05, 4.69) is 5.32 Å². The summed E-state index contributed by atoms with van der Waals surface area (Å²) in [4.78, 5) is 15.0. The first kappa shape index (κ1) is 15.2. The standard InChI is InChI=1S/C14H20N2O3S/c1-10-7-16(8-12(9-17)19-10)14(18)15-11-4-3-5-13(6-11)20-2/h3-6,10,12,17H,7-9H2,1-2H3,(H,15,18). The van der Waals surface area contributed by atoms with Gasteiger partial charge in [-0.1, -0.05) is 6.07 Å². The fourth-order valence-corrected chi connectivity index (χ4v) is 2.67. The Morgan fingerprint density at radius 1 is 1.55 bits per heavy atom. The minimum absolute atomic E-state index is 0.0656. The van der Waals surface area contributed by atoms with Crippen LogP contribution < -0.4 is 5.32 Å². The van der Waals surface area contributed by atoms with Crippen LogP contribution in [-0.4, -0.2) is 54.2 Å². The van der Waals surface area contributed by atoms with Crippen LogP contribution >= 0.6 is 11.8 Å². The molecule has 0 aliphatic carbocycles. The van der Waals surface area contributed by atoms with Gasteiger partial charge in [-0.05, 0) is 31.4 Å². The highest BCUT2D eigenvalue weighted by Crippen LogP contribution is 2.20. The summed E-state index contributed by atoms with van der Waals surface area (Å²) in [5.41, 5.74) is 0.779. The molecule has 0 spiro atoms. The smallest absolute Gasteiger partial charge is 0.322 e. The van der Waals surface area contributed by atoms with Gasteiger partial charge in [-0.2, -0.15) is 0 Å². The molecule has 1 heterocycles. The molecule has 1 aromatic rings. The number of rotatable bonds is 3. The van der Waals surface area contributed by atoms with Gasteiger partial charge in [0.1, 0.15) is 0 Å². The number of amides is 2. The van der Waals surface area contributed by atoms with Crippen molar-refractivity contribution in [1.29, 1.82) is 0 Å². The lowest BCUT2D eigenvalue weighted by Crippen LogP contribution is -2.51. The monoisotopic (exact) mass is 296 g/mol. The quantitative estimate of drug-likeness (QED) is 0.838. The van der Waals surface area contributed by atoms with Crippen LogP contribution in [0.2, 0.25) is 0 Å². The second-order valence-corrected chi connectivity index (χ2v) is 5.70. The van der Waals surface area contributed by atoms with Gasteiger partial charge in [0.15, 0.2) is 0 Å². The Morgan fingerprint density at radius 2 is 2.35 bits per heavy atom.